The van der Waals surface area contributed by atoms with Crippen molar-refractivity contribution in [2.45, 2.75) is 0 Å². The van der Waals surface area contributed by atoms with Gasteiger partial charge in [0.1, 0.15) is 7.11 Å². The number of benzene rings is 1. The molecule has 2 aliphatic rings. The van der Waals surface area contributed by atoms with E-state index in [1.165, 1.54) is 0 Å². The predicted octanol–water partition coefficient (Wildman–Crippen LogP) is 5.84. The van der Waals surface area contributed by atoms with Crippen LogP contribution < -0.4 is 14.3 Å². The van der Waals surface area contributed by atoms with Crippen LogP contribution in [0.1, 0.15) is 22.8 Å². The Morgan fingerprint density at radius 3 is 2.03 bits per heavy atom. The predicted molar refractivity (Wildman–Crippen MR) is 149 cm³/mol. The molecule has 8 bridgehead atoms. The molecule has 4 aromatic rings. The number of aromatic nitrogens is 4. The van der Waals surface area contributed by atoms with Crippen molar-refractivity contribution in [2.75, 3.05) is 28.4 Å². The summed E-state index contributed by atoms with van der Waals surface area (Å²) >= 11 is 0. The van der Waals surface area contributed by atoms with Crippen LogP contribution in [-0.4, -0.2) is 48.1 Å². The van der Waals surface area contributed by atoms with Crippen LogP contribution in [0.2, 0.25) is 0 Å². The first-order chi connectivity index (χ1) is 18.6. The number of rotatable bonds is 5. The summed E-state index contributed by atoms with van der Waals surface area (Å²) in [5.74, 6) is 1.59. The maximum atomic E-state index is 6.05. The van der Waals surface area contributed by atoms with Gasteiger partial charge < -0.3 is 24.0 Å². The van der Waals surface area contributed by atoms with Crippen molar-refractivity contribution < 1.29 is 35.5 Å². The van der Waals surface area contributed by atoms with Crippen molar-refractivity contribution in [3.63, 3.8) is 0 Å². The van der Waals surface area contributed by atoms with Gasteiger partial charge in [-0.2, -0.15) is 4.73 Å². The normalized spacial score (nSPS) is 11.9. The topological polar surface area (TPSA) is 83.4 Å². The Morgan fingerprint density at radius 1 is 0.718 bits per heavy atom. The van der Waals surface area contributed by atoms with E-state index < -0.39 is 0 Å². The second-order valence-corrected chi connectivity index (χ2v) is 8.71. The molecule has 0 fully saturated rings. The number of hydrogen-bond acceptors (Lipinski definition) is 6. The Morgan fingerprint density at radius 2 is 1.38 bits per heavy atom. The number of methoxy groups -OCH3 is 3. The van der Waals surface area contributed by atoms with Gasteiger partial charge in [-0.15, -0.1) is 0 Å². The van der Waals surface area contributed by atoms with Crippen LogP contribution in [-0.2, 0) is 21.2 Å². The standard InChI is InChI=1S/C30H26N4O4.Ni/c1-35-25-17-23-15-21-11-10-19(31-21)14-20-12-13-22(32-20)16-24-26(18-8-6-5-7-9-18)29(36-2)28(34(24)38-4)30(37-3)27(25)33-23;/h5-17,31H,1-4H3;. The second-order valence-electron chi connectivity index (χ2n) is 8.71. The average molecular weight is 565 g/mol. The summed E-state index contributed by atoms with van der Waals surface area (Å²) < 4.78 is 19.5. The summed E-state index contributed by atoms with van der Waals surface area (Å²) in [6.45, 7) is 0. The molecule has 6 rings (SSSR count). The maximum absolute atomic E-state index is 6.05. The van der Waals surface area contributed by atoms with E-state index in [0.29, 0.717) is 34.2 Å². The van der Waals surface area contributed by atoms with E-state index in [0.717, 1.165) is 39.1 Å². The Kier molecular flexibility index (Phi) is 7.18. The van der Waals surface area contributed by atoms with Gasteiger partial charge in [-0.25, -0.2) is 9.97 Å². The van der Waals surface area contributed by atoms with Crippen LogP contribution >= 0.6 is 0 Å². The molecular formula is C30H26N4NiO4. The number of aromatic amines is 1. The molecule has 0 amide bonds. The summed E-state index contributed by atoms with van der Waals surface area (Å²) in [5.41, 5.74) is 7.79. The Hall–Kier alpha value is -4.49. The first-order valence-corrected chi connectivity index (χ1v) is 12.1. The molecule has 5 heterocycles. The molecule has 8 nitrogen and oxygen atoms in total. The van der Waals surface area contributed by atoms with Crippen molar-refractivity contribution in [2.24, 2.45) is 0 Å². The summed E-state index contributed by atoms with van der Waals surface area (Å²) in [7, 11) is 6.45. The SMILES string of the molecule is COC1=Cc2cc3ccc(cc4nc(cc5c(-c6ccccc6)c(OC)c(c(OC)c1n2)n5OC)C=C4)[nH]3.[Ni]. The Bertz CT molecular complexity index is 1770. The molecule has 0 radical (unpaired) electrons. The van der Waals surface area contributed by atoms with E-state index in [2.05, 4.69) is 4.98 Å². The molecule has 0 saturated carbocycles. The van der Waals surface area contributed by atoms with Crippen LogP contribution in [0, 0.1) is 0 Å². The average Bonchev–Trinajstić information content (AvgIpc) is 3.72. The number of fused-ring (bicyclic) bond motifs is 8. The van der Waals surface area contributed by atoms with E-state index >= 15 is 0 Å². The number of hydrogen-bond donors (Lipinski definition) is 1. The third kappa shape index (κ3) is 4.55. The third-order valence-electron chi connectivity index (χ3n) is 6.48. The quantitative estimate of drug-likeness (QED) is 0.270. The van der Waals surface area contributed by atoms with Crippen LogP contribution in [0.25, 0.3) is 57.2 Å². The van der Waals surface area contributed by atoms with Crippen molar-refractivity contribution in [3.05, 3.63) is 83.4 Å². The van der Waals surface area contributed by atoms with E-state index in [1.807, 2.05) is 78.9 Å². The van der Waals surface area contributed by atoms with Gasteiger partial charge in [0.2, 0.25) is 0 Å². The fourth-order valence-electron chi connectivity index (χ4n) is 4.88. The van der Waals surface area contributed by atoms with Gasteiger partial charge in [-0.3, -0.25) is 0 Å². The van der Waals surface area contributed by atoms with Gasteiger partial charge >= 0.3 is 0 Å². The maximum Gasteiger partial charge on any atom is 0.179 e. The molecule has 1 N–H and O–H groups in total. The second kappa shape index (κ2) is 10.7. The van der Waals surface area contributed by atoms with Gasteiger partial charge in [0.25, 0.3) is 0 Å². The summed E-state index contributed by atoms with van der Waals surface area (Å²) in [6, 6.07) is 19.9. The third-order valence-corrected chi connectivity index (χ3v) is 6.48. The fraction of sp³-hybridized carbons (Fsp3) is 0.133. The molecule has 9 heteroatoms. The molecule has 0 spiro atoms. The first kappa shape index (κ1) is 26.1. The van der Waals surface area contributed by atoms with E-state index in [4.69, 9.17) is 29.0 Å². The van der Waals surface area contributed by atoms with Crippen LogP contribution in [0.5, 0.6) is 11.5 Å². The minimum Gasteiger partial charge on any atom is -0.494 e. The number of ether oxygens (including phenoxy) is 3. The van der Waals surface area contributed by atoms with E-state index in [-0.39, 0.29) is 16.5 Å². The molecule has 1 aromatic carbocycles. The number of nitrogens with zero attached hydrogens (tertiary/aromatic N) is 3. The minimum atomic E-state index is 0. The van der Waals surface area contributed by atoms with E-state index in [1.54, 1.807) is 33.2 Å². The molecule has 0 aliphatic carbocycles. The molecule has 3 aromatic heterocycles. The van der Waals surface area contributed by atoms with Crippen molar-refractivity contribution in [1.29, 1.82) is 0 Å². The molecule has 39 heavy (non-hydrogen) atoms. The smallest absolute Gasteiger partial charge is 0.179 e. The number of H-pyrrole nitrogens is 1. The Labute approximate surface area is 235 Å². The minimum absolute atomic E-state index is 0. The van der Waals surface area contributed by atoms with Gasteiger partial charge in [0.15, 0.2) is 28.5 Å². The molecule has 0 saturated heterocycles. The van der Waals surface area contributed by atoms with Gasteiger partial charge in [0.05, 0.1) is 49.5 Å². The zero-order valence-electron chi connectivity index (χ0n) is 21.8. The number of nitrogens with one attached hydrogen (secondary N) is 1. The zero-order chi connectivity index (χ0) is 26.2. The molecule has 2 aliphatic heterocycles. The van der Waals surface area contributed by atoms with Gasteiger partial charge in [0, 0.05) is 33.6 Å². The summed E-state index contributed by atoms with van der Waals surface area (Å²) in [6.07, 6.45) is 5.83. The van der Waals surface area contributed by atoms with Crippen molar-refractivity contribution in [3.8, 4) is 22.6 Å². The largest absolute Gasteiger partial charge is 0.494 e. The van der Waals surface area contributed by atoms with Crippen LogP contribution in [0.4, 0.5) is 0 Å². The molecule has 0 atom stereocenters. The molecule has 0 unspecified atom stereocenters. The van der Waals surface area contributed by atoms with Gasteiger partial charge in [-0.1, -0.05) is 30.3 Å². The van der Waals surface area contributed by atoms with Crippen LogP contribution in [0.3, 0.4) is 0 Å². The zero-order valence-corrected chi connectivity index (χ0v) is 22.8. The molecular weight excluding hydrogens is 539 g/mol. The van der Waals surface area contributed by atoms with Crippen molar-refractivity contribution in [1.82, 2.24) is 19.7 Å². The van der Waals surface area contributed by atoms with Crippen molar-refractivity contribution >= 4 is 46.1 Å². The summed E-state index contributed by atoms with van der Waals surface area (Å²) in [4.78, 5) is 19.1. The molecule has 200 valence electrons. The monoisotopic (exact) mass is 564 g/mol. The van der Waals surface area contributed by atoms with Gasteiger partial charge in [-0.05, 0) is 48.0 Å². The fourth-order valence-corrected chi connectivity index (χ4v) is 4.88. The Balaban J connectivity index is 0.00000308. The summed E-state index contributed by atoms with van der Waals surface area (Å²) in [5, 5.41) is 0. The van der Waals surface area contributed by atoms with E-state index in [9.17, 15) is 0 Å². The first-order valence-electron chi connectivity index (χ1n) is 12.1. The van der Waals surface area contributed by atoms with Crippen LogP contribution in [0.15, 0.2) is 60.7 Å².